The van der Waals surface area contributed by atoms with Gasteiger partial charge in [0, 0.05) is 6.54 Å². The number of nitrogens with one attached hydrogen (secondary N) is 2. The average molecular weight is 326 g/mol. The number of ether oxygens (including phenoxy) is 2. The molecule has 3 rings (SSSR count). The fourth-order valence-electron chi connectivity index (χ4n) is 2.49. The zero-order valence-corrected chi connectivity index (χ0v) is 13.3. The molecule has 0 unspecified atom stereocenters. The van der Waals surface area contributed by atoms with Crippen molar-refractivity contribution >= 4 is 17.5 Å². The fourth-order valence-corrected chi connectivity index (χ4v) is 2.49. The summed E-state index contributed by atoms with van der Waals surface area (Å²) in [7, 11) is 1.53. The zero-order valence-electron chi connectivity index (χ0n) is 13.3. The number of carbonyl (C=O) groups is 2. The molecule has 1 aliphatic rings. The Kier molecular flexibility index (Phi) is 4.65. The van der Waals surface area contributed by atoms with Gasteiger partial charge in [0.05, 0.1) is 31.4 Å². The maximum atomic E-state index is 12.3. The van der Waals surface area contributed by atoms with Gasteiger partial charge in [0.15, 0.2) is 0 Å². The van der Waals surface area contributed by atoms with Crippen LogP contribution in [0.1, 0.15) is 22.3 Å². The molecule has 0 radical (unpaired) electrons. The first-order valence-corrected chi connectivity index (χ1v) is 7.64. The molecule has 0 fully saturated rings. The molecule has 124 valence electrons. The number of hydrogen-bond acceptors (Lipinski definition) is 4. The molecule has 0 spiro atoms. The highest BCUT2D eigenvalue weighted by Gasteiger charge is 2.15. The van der Waals surface area contributed by atoms with Gasteiger partial charge < -0.3 is 20.1 Å². The highest BCUT2D eigenvalue weighted by Crippen LogP contribution is 2.28. The largest absolute Gasteiger partial charge is 0.496 e. The number of benzene rings is 2. The van der Waals surface area contributed by atoms with E-state index in [0.29, 0.717) is 42.3 Å². The number of amides is 2. The highest BCUT2D eigenvalue weighted by atomic mass is 16.5. The first kappa shape index (κ1) is 15.9. The molecule has 6 nitrogen and oxygen atoms in total. The predicted octanol–water partition coefficient (Wildman–Crippen LogP) is 2.35. The van der Waals surface area contributed by atoms with Crippen LogP contribution in [0.15, 0.2) is 42.5 Å². The van der Waals surface area contributed by atoms with Crippen LogP contribution in [0.4, 0.5) is 5.69 Å². The molecule has 24 heavy (non-hydrogen) atoms. The number of fused-ring (bicyclic) bond motifs is 1. The Morgan fingerprint density at radius 1 is 1.29 bits per heavy atom. The van der Waals surface area contributed by atoms with E-state index in [1.807, 2.05) is 12.1 Å². The summed E-state index contributed by atoms with van der Waals surface area (Å²) in [6.07, 6.45) is 0.328. The Balaban J connectivity index is 1.71. The molecular weight excluding hydrogens is 308 g/mol. The molecule has 0 saturated heterocycles. The minimum absolute atomic E-state index is 0.0797. The number of carbonyl (C=O) groups excluding carboxylic acids is 2. The van der Waals surface area contributed by atoms with Gasteiger partial charge in [0.1, 0.15) is 11.5 Å². The van der Waals surface area contributed by atoms with Gasteiger partial charge in [0.2, 0.25) is 5.91 Å². The topological polar surface area (TPSA) is 76.7 Å². The molecule has 0 saturated carbocycles. The van der Waals surface area contributed by atoms with Crippen LogP contribution in [-0.4, -0.2) is 25.5 Å². The zero-order chi connectivity index (χ0) is 16.9. The van der Waals surface area contributed by atoms with E-state index in [0.717, 1.165) is 5.56 Å². The first-order valence-electron chi connectivity index (χ1n) is 7.64. The summed E-state index contributed by atoms with van der Waals surface area (Å²) in [6, 6.07) is 12.5. The van der Waals surface area contributed by atoms with Gasteiger partial charge in [0.25, 0.3) is 5.91 Å². The summed E-state index contributed by atoms with van der Waals surface area (Å²) in [4.78, 5) is 23.9. The Morgan fingerprint density at radius 2 is 2.12 bits per heavy atom. The van der Waals surface area contributed by atoms with E-state index in [9.17, 15) is 9.59 Å². The molecule has 0 atom stereocenters. The Morgan fingerprint density at radius 3 is 2.96 bits per heavy atom. The second-order valence-corrected chi connectivity index (χ2v) is 5.36. The van der Waals surface area contributed by atoms with E-state index in [1.54, 1.807) is 30.3 Å². The Bertz CT molecular complexity index is 773. The third-order valence-electron chi connectivity index (χ3n) is 3.71. The van der Waals surface area contributed by atoms with Crippen LogP contribution in [-0.2, 0) is 11.3 Å². The van der Waals surface area contributed by atoms with E-state index in [2.05, 4.69) is 10.6 Å². The van der Waals surface area contributed by atoms with E-state index in [4.69, 9.17) is 9.47 Å². The highest BCUT2D eigenvalue weighted by molar-refractivity contribution is 5.97. The second kappa shape index (κ2) is 7.04. The monoisotopic (exact) mass is 326 g/mol. The van der Waals surface area contributed by atoms with Crippen LogP contribution in [0.3, 0.4) is 0 Å². The molecule has 2 aromatic rings. The van der Waals surface area contributed by atoms with Crippen LogP contribution < -0.4 is 20.1 Å². The minimum Gasteiger partial charge on any atom is -0.496 e. The molecule has 0 aliphatic carbocycles. The van der Waals surface area contributed by atoms with Crippen molar-refractivity contribution in [2.24, 2.45) is 0 Å². The van der Waals surface area contributed by atoms with Crippen molar-refractivity contribution in [3.63, 3.8) is 0 Å². The second-order valence-electron chi connectivity index (χ2n) is 5.36. The van der Waals surface area contributed by atoms with E-state index < -0.39 is 0 Å². The number of anilines is 1. The summed E-state index contributed by atoms with van der Waals surface area (Å²) in [5.41, 5.74) is 1.97. The van der Waals surface area contributed by atoms with Crippen molar-refractivity contribution in [1.29, 1.82) is 0 Å². The summed E-state index contributed by atoms with van der Waals surface area (Å²) >= 11 is 0. The predicted molar refractivity (Wildman–Crippen MR) is 89.3 cm³/mol. The van der Waals surface area contributed by atoms with Crippen molar-refractivity contribution < 1.29 is 19.1 Å². The number of methoxy groups -OCH3 is 1. The lowest BCUT2D eigenvalue weighted by Crippen LogP contribution is -2.23. The lowest BCUT2D eigenvalue weighted by molar-refractivity contribution is -0.116. The smallest absolute Gasteiger partial charge is 0.255 e. The summed E-state index contributed by atoms with van der Waals surface area (Å²) in [6.45, 7) is 0.697. The van der Waals surface area contributed by atoms with Crippen LogP contribution in [0.25, 0.3) is 0 Å². The van der Waals surface area contributed by atoms with Gasteiger partial charge in [-0.25, -0.2) is 0 Å². The van der Waals surface area contributed by atoms with Crippen molar-refractivity contribution in [3.05, 3.63) is 53.6 Å². The number of rotatable bonds is 4. The number of para-hydroxylation sites is 1. The van der Waals surface area contributed by atoms with Gasteiger partial charge in [-0.15, -0.1) is 0 Å². The normalized spacial score (nSPS) is 13.1. The van der Waals surface area contributed by atoms with E-state index in [1.165, 1.54) is 7.11 Å². The summed E-state index contributed by atoms with van der Waals surface area (Å²) in [5, 5.41) is 5.65. The van der Waals surface area contributed by atoms with Gasteiger partial charge in [-0.05, 0) is 29.8 Å². The van der Waals surface area contributed by atoms with Gasteiger partial charge in [-0.3, -0.25) is 9.59 Å². The minimum atomic E-state index is -0.220. The third-order valence-corrected chi connectivity index (χ3v) is 3.71. The molecule has 2 aromatic carbocycles. The van der Waals surface area contributed by atoms with Crippen molar-refractivity contribution in [2.45, 2.75) is 13.0 Å². The van der Waals surface area contributed by atoms with E-state index in [-0.39, 0.29) is 11.8 Å². The standard InChI is InChI=1S/C18H18N2O4/c1-23-15-5-3-2-4-13(15)18(22)19-11-12-6-7-16-14(10-12)20-17(21)8-9-24-16/h2-7,10H,8-9,11H2,1H3,(H,19,22)(H,20,21). The molecule has 2 N–H and O–H groups in total. The molecule has 6 heteroatoms. The SMILES string of the molecule is COc1ccccc1C(=O)NCc1ccc2c(c1)NC(=O)CCO2. The molecule has 0 aromatic heterocycles. The molecule has 1 heterocycles. The Labute approximate surface area is 139 Å². The molecule has 2 amide bonds. The van der Waals surface area contributed by atoms with Crippen LogP contribution in [0, 0.1) is 0 Å². The fraction of sp³-hybridized carbons (Fsp3) is 0.222. The maximum Gasteiger partial charge on any atom is 0.255 e. The summed E-state index contributed by atoms with van der Waals surface area (Å²) in [5.74, 6) is 0.866. The van der Waals surface area contributed by atoms with Crippen LogP contribution in [0.2, 0.25) is 0 Å². The van der Waals surface area contributed by atoms with Gasteiger partial charge in [-0.2, -0.15) is 0 Å². The summed E-state index contributed by atoms with van der Waals surface area (Å²) < 4.78 is 10.7. The van der Waals surface area contributed by atoms with E-state index >= 15 is 0 Å². The quantitative estimate of drug-likeness (QED) is 0.904. The van der Waals surface area contributed by atoms with Gasteiger partial charge >= 0.3 is 0 Å². The molecule has 0 bridgehead atoms. The lowest BCUT2D eigenvalue weighted by Gasteiger charge is -2.11. The first-order chi connectivity index (χ1) is 11.7. The number of hydrogen-bond donors (Lipinski definition) is 2. The molecular formula is C18H18N2O4. The lowest BCUT2D eigenvalue weighted by atomic mass is 10.1. The van der Waals surface area contributed by atoms with Crippen molar-refractivity contribution in [2.75, 3.05) is 19.0 Å². The third kappa shape index (κ3) is 3.48. The van der Waals surface area contributed by atoms with Crippen molar-refractivity contribution in [3.8, 4) is 11.5 Å². The van der Waals surface area contributed by atoms with Gasteiger partial charge in [-0.1, -0.05) is 18.2 Å². The van der Waals surface area contributed by atoms with Crippen LogP contribution >= 0.6 is 0 Å². The average Bonchev–Trinajstić information content (AvgIpc) is 2.79. The van der Waals surface area contributed by atoms with Crippen LogP contribution in [0.5, 0.6) is 11.5 Å². The maximum absolute atomic E-state index is 12.3. The molecule has 1 aliphatic heterocycles. The Hall–Kier alpha value is -3.02. The van der Waals surface area contributed by atoms with Crippen molar-refractivity contribution in [1.82, 2.24) is 5.32 Å².